The molecule has 0 aromatic heterocycles. The van der Waals surface area contributed by atoms with Crippen molar-refractivity contribution in [3.8, 4) is 0 Å². The van der Waals surface area contributed by atoms with Crippen LogP contribution in [0.3, 0.4) is 0 Å². The van der Waals surface area contributed by atoms with Gasteiger partial charge >= 0.3 is 5.97 Å². The first-order chi connectivity index (χ1) is 12.9. The van der Waals surface area contributed by atoms with E-state index in [9.17, 15) is 14.4 Å². The number of carboxylic acid groups (broad SMARTS) is 1. The Morgan fingerprint density at radius 2 is 1.70 bits per heavy atom. The second-order valence-electron chi connectivity index (χ2n) is 5.88. The Hall–Kier alpha value is -2.80. The normalized spacial score (nSPS) is 11.5. The smallest absolute Gasteiger partial charge is 0.316 e. The van der Waals surface area contributed by atoms with Gasteiger partial charge in [-0.05, 0) is 49.7 Å². The highest BCUT2D eigenvalue weighted by Crippen LogP contribution is 2.27. The number of hydrogen-bond acceptors (Lipinski definition) is 4. The maximum atomic E-state index is 12.6. The highest BCUT2D eigenvalue weighted by Gasteiger charge is 2.18. The van der Waals surface area contributed by atoms with E-state index in [1.807, 2.05) is 6.92 Å². The van der Waals surface area contributed by atoms with Gasteiger partial charge in [-0.15, -0.1) is 11.8 Å². The zero-order chi connectivity index (χ0) is 19.8. The molecule has 0 radical (unpaired) electrons. The van der Waals surface area contributed by atoms with Crippen molar-refractivity contribution in [1.29, 1.82) is 0 Å². The fourth-order valence-electron chi connectivity index (χ4n) is 2.24. The van der Waals surface area contributed by atoms with Crippen LogP contribution in [0.1, 0.15) is 41.0 Å². The van der Waals surface area contributed by atoms with Crippen molar-refractivity contribution in [1.82, 2.24) is 5.32 Å². The Morgan fingerprint density at radius 1 is 1.04 bits per heavy atom. The lowest BCUT2D eigenvalue weighted by atomic mass is 10.1. The van der Waals surface area contributed by atoms with E-state index in [1.54, 1.807) is 55.5 Å². The molecule has 2 aromatic rings. The van der Waals surface area contributed by atoms with Crippen molar-refractivity contribution in [3.63, 3.8) is 0 Å². The summed E-state index contributed by atoms with van der Waals surface area (Å²) in [7, 11) is 0. The van der Waals surface area contributed by atoms with Crippen LogP contribution in [-0.2, 0) is 4.79 Å². The van der Waals surface area contributed by atoms with Gasteiger partial charge in [0.1, 0.15) is 5.25 Å². The van der Waals surface area contributed by atoms with E-state index in [0.29, 0.717) is 28.3 Å². The molecule has 142 valence electrons. The van der Waals surface area contributed by atoms with Crippen LogP contribution in [0.2, 0.25) is 0 Å². The highest BCUT2D eigenvalue weighted by molar-refractivity contribution is 8.00. The molecule has 27 heavy (non-hydrogen) atoms. The zero-order valence-corrected chi connectivity index (χ0v) is 16.0. The third kappa shape index (κ3) is 5.86. The number of anilines is 1. The summed E-state index contributed by atoms with van der Waals surface area (Å²) in [5, 5.41) is 14.0. The van der Waals surface area contributed by atoms with E-state index in [0.717, 1.165) is 18.2 Å². The fourth-order valence-corrected chi connectivity index (χ4v) is 3.17. The first kappa shape index (κ1) is 20.5. The molecule has 0 aliphatic rings. The Labute approximate surface area is 162 Å². The van der Waals surface area contributed by atoms with E-state index in [-0.39, 0.29) is 11.8 Å². The molecule has 2 aromatic carbocycles. The van der Waals surface area contributed by atoms with Gasteiger partial charge in [0, 0.05) is 22.7 Å². The zero-order valence-electron chi connectivity index (χ0n) is 15.2. The van der Waals surface area contributed by atoms with Crippen LogP contribution in [0.25, 0.3) is 0 Å². The average Bonchev–Trinajstić information content (AvgIpc) is 2.66. The summed E-state index contributed by atoms with van der Waals surface area (Å²) in [5.41, 5.74) is 1.48. The largest absolute Gasteiger partial charge is 0.480 e. The minimum Gasteiger partial charge on any atom is -0.480 e. The lowest BCUT2D eigenvalue weighted by molar-refractivity contribution is -0.136. The molecule has 0 saturated carbocycles. The minimum absolute atomic E-state index is 0.154. The third-order valence-electron chi connectivity index (χ3n) is 3.72. The summed E-state index contributed by atoms with van der Waals surface area (Å²) < 4.78 is 0. The first-order valence-corrected chi connectivity index (χ1v) is 9.48. The van der Waals surface area contributed by atoms with Crippen molar-refractivity contribution < 1.29 is 19.5 Å². The summed E-state index contributed by atoms with van der Waals surface area (Å²) in [4.78, 5) is 36.2. The molecule has 1 unspecified atom stereocenters. The Kier molecular flexibility index (Phi) is 7.43. The van der Waals surface area contributed by atoms with Gasteiger partial charge in [-0.2, -0.15) is 0 Å². The number of carbonyl (C=O) groups is 3. The van der Waals surface area contributed by atoms with Gasteiger partial charge in [0.2, 0.25) is 0 Å². The molecular formula is C20H22N2O4S. The lowest BCUT2D eigenvalue weighted by Crippen LogP contribution is -2.23. The fraction of sp³-hybridized carbons (Fsp3) is 0.250. The molecule has 0 aliphatic carbocycles. The standard InChI is InChI=1S/C20H22N2O4S/c1-3-12-21-18(23)14-8-10-15(11-9-14)22-19(24)16-6-4-5-7-17(16)27-13(2)20(25)26/h4-11,13H,3,12H2,1-2H3,(H,21,23)(H,22,24)(H,25,26). The topological polar surface area (TPSA) is 95.5 Å². The summed E-state index contributed by atoms with van der Waals surface area (Å²) in [6.07, 6.45) is 0.859. The van der Waals surface area contributed by atoms with Gasteiger partial charge in [-0.25, -0.2) is 0 Å². The SMILES string of the molecule is CCCNC(=O)c1ccc(NC(=O)c2ccccc2SC(C)C(=O)O)cc1. The predicted octanol–water partition coefficient (Wildman–Crippen LogP) is 3.64. The summed E-state index contributed by atoms with van der Waals surface area (Å²) in [5.74, 6) is -1.43. The van der Waals surface area contributed by atoms with Gasteiger partial charge in [-0.1, -0.05) is 19.1 Å². The van der Waals surface area contributed by atoms with E-state index >= 15 is 0 Å². The van der Waals surface area contributed by atoms with Crippen molar-refractivity contribution >= 4 is 35.2 Å². The van der Waals surface area contributed by atoms with E-state index in [1.165, 1.54) is 0 Å². The number of hydrogen-bond donors (Lipinski definition) is 3. The second-order valence-corrected chi connectivity index (χ2v) is 7.26. The van der Waals surface area contributed by atoms with Crippen molar-refractivity contribution in [2.24, 2.45) is 0 Å². The molecule has 3 N–H and O–H groups in total. The van der Waals surface area contributed by atoms with Crippen LogP contribution < -0.4 is 10.6 Å². The molecule has 7 heteroatoms. The van der Waals surface area contributed by atoms with E-state index in [2.05, 4.69) is 10.6 Å². The van der Waals surface area contributed by atoms with Crippen LogP contribution >= 0.6 is 11.8 Å². The molecule has 6 nitrogen and oxygen atoms in total. The Morgan fingerprint density at radius 3 is 2.33 bits per heavy atom. The van der Waals surface area contributed by atoms with Crippen molar-refractivity contribution in [3.05, 3.63) is 59.7 Å². The van der Waals surface area contributed by atoms with E-state index in [4.69, 9.17) is 5.11 Å². The average molecular weight is 386 g/mol. The molecule has 0 heterocycles. The van der Waals surface area contributed by atoms with Crippen LogP contribution in [0, 0.1) is 0 Å². The van der Waals surface area contributed by atoms with Crippen molar-refractivity contribution in [2.45, 2.75) is 30.4 Å². The molecule has 0 aliphatic heterocycles. The second kappa shape index (κ2) is 9.78. The van der Waals surface area contributed by atoms with Gasteiger partial charge in [0.15, 0.2) is 0 Å². The third-order valence-corrected chi connectivity index (χ3v) is 4.89. The van der Waals surface area contributed by atoms with Crippen molar-refractivity contribution in [2.75, 3.05) is 11.9 Å². The number of benzene rings is 2. The molecule has 0 fully saturated rings. The van der Waals surface area contributed by atoms with Crippen LogP contribution in [-0.4, -0.2) is 34.7 Å². The number of thioether (sulfide) groups is 1. The van der Waals surface area contributed by atoms with Gasteiger partial charge in [0.25, 0.3) is 11.8 Å². The number of amides is 2. The van der Waals surface area contributed by atoms with Crippen LogP contribution in [0.4, 0.5) is 5.69 Å². The van der Waals surface area contributed by atoms with Gasteiger partial charge in [0.05, 0.1) is 5.56 Å². The molecule has 2 rings (SSSR count). The summed E-state index contributed by atoms with van der Waals surface area (Å²) >= 11 is 1.12. The van der Waals surface area contributed by atoms with Gasteiger partial charge in [-0.3, -0.25) is 14.4 Å². The number of carboxylic acids is 1. The molecule has 0 saturated heterocycles. The number of rotatable bonds is 8. The summed E-state index contributed by atoms with van der Waals surface area (Å²) in [6, 6.07) is 13.5. The molecule has 1 atom stereocenters. The number of aliphatic carboxylic acids is 1. The predicted molar refractivity (Wildman–Crippen MR) is 106 cm³/mol. The Bertz CT molecular complexity index is 821. The Balaban J connectivity index is 2.09. The first-order valence-electron chi connectivity index (χ1n) is 8.60. The van der Waals surface area contributed by atoms with Gasteiger partial charge < -0.3 is 15.7 Å². The molecule has 0 bridgehead atoms. The molecular weight excluding hydrogens is 364 g/mol. The molecule has 2 amide bonds. The quantitative estimate of drug-likeness (QED) is 0.602. The highest BCUT2D eigenvalue weighted by atomic mass is 32.2. The van der Waals surface area contributed by atoms with E-state index < -0.39 is 11.2 Å². The van der Waals surface area contributed by atoms with Crippen LogP contribution in [0.15, 0.2) is 53.4 Å². The lowest BCUT2D eigenvalue weighted by Gasteiger charge is -2.12. The monoisotopic (exact) mass is 386 g/mol. The minimum atomic E-state index is -0.938. The molecule has 0 spiro atoms. The maximum Gasteiger partial charge on any atom is 0.316 e. The number of nitrogens with one attached hydrogen (secondary N) is 2. The maximum absolute atomic E-state index is 12.6. The van der Waals surface area contributed by atoms with Crippen LogP contribution in [0.5, 0.6) is 0 Å². The summed E-state index contributed by atoms with van der Waals surface area (Å²) in [6.45, 7) is 4.16. The number of carbonyl (C=O) groups excluding carboxylic acids is 2.